The molecule has 0 spiro atoms. The lowest BCUT2D eigenvalue weighted by Crippen LogP contribution is -2.19. The second kappa shape index (κ2) is 8.89. The summed E-state index contributed by atoms with van der Waals surface area (Å²) in [6.07, 6.45) is 6.61. The minimum Gasteiger partial charge on any atom is -0.382 e. The van der Waals surface area contributed by atoms with Gasteiger partial charge in [0.25, 0.3) is 0 Å². The summed E-state index contributed by atoms with van der Waals surface area (Å²) in [7, 11) is 0. The summed E-state index contributed by atoms with van der Waals surface area (Å²) in [5.41, 5.74) is 3.28. The molecule has 0 bridgehead atoms. The first kappa shape index (κ1) is 22.8. The number of benzene rings is 2. The first-order chi connectivity index (χ1) is 15.7. The highest BCUT2D eigenvalue weighted by atomic mass is 35.5. The van der Waals surface area contributed by atoms with Gasteiger partial charge in [0, 0.05) is 35.1 Å². The van der Waals surface area contributed by atoms with Crippen molar-refractivity contribution < 1.29 is 9.50 Å². The van der Waals surface area contributed by atoms with E-state index >= 15 is 0 Å². The number of hydrogen-bond acceptors (Lipinski definition) is 5. The Balaban J connectivity index is 1.74. The molecule has 0 amide bonds. The molecule has 33 heavy (non-hydrogen) atoms. The quantitative estimate of drug-likeness (QED) is 0.341. The van der Waals surface area contributed by atoms with Crippen molar-refractivity contribution >= 4 is 34.3 Å². The first-order valence-corrected chi connectivity index (χ1v) is 10.9. The maximum atomic E-state index is 14.5. The zero-order chi connectivity index (χ0) is 23.8. The van der Waals surface area contributed by atoms with Gasteiger partial charge in [0.15, 0.2) is 5.82 Å². The predicted molar refractivity (Wildman–Crippen MR) is 132 cm³/mol. The molecule has 2 N–H and O–H groups in total. The number of nitrogens with one attached hydrogen (secondary N) is 1. The molecule has 168 valence electrons. The van der Waals surface area contributed by atoms with Gasteiger partial charge in [-0.15, -0.1) is 0 Å². The van der Waals surface area contributed by atoms with E-state index in [0.29, 0.717) is 22.1 Å². The number of aromatic nitrogens is 3. The molecule has 2 aromatic carbocycles. The summed E-state index contributed by atoms with van der Waals surface area (Å²) in [4.78, 5) is 13.0. The van der Waals surface area contributed by atoms with Gasteiger partial charge in [-0.25, -0.2) is 14.4 Å². The lowest BCUT2D eigenvalue weighted by molar-refractivity contribution is 0.0687. The third-order valence-corrected chi connectivity index (χ3v) is 5.72. The van der Waals surface area contributed by atoms with Crippen molar-refractivity contribution in [3.05, 3.63) is 89.4 Å². The largest absolute Gasteiger partial charge is 0.382 e. The van der Waals surface area contributed by atoms with E-state index in [1.54, 1.807) is 50.6 Å². The van der Waals surface area contributed by atoms with E-state index < -0.39 is 5.60 Å². The molecule has 0 fully saturated rings. The van der Waals surface area contributed by atoms with Gasteiger partial charge in [-0.1, -0.05) is 36.4 Å². The number of anilines is 1. The topological polar surface area (TPSA) is 70.9 Å². The first-order valence-electron chi connectivity index (χ1n) is 10.5. The Morgan fingerprint density at radius 3 is 2.45 bits per heavy atom. The number of fused-ring (bicyclic) bond motifs is 1. The smallest absolute Gasteiger partial charge is 0.159 e. The number of hydrogen-bond donors (Lipinski definition) is 2. The molecule has 1 unspecified atom stereocenters. The van der Waals surface area contributed by atoms with E-state index in [4.69, 9.17) is 11.6 Å². The van der Waals surface area contributed by atoms with Crippen LogP contribution in [0.25, 0.3) is 28.1 Å². The molecule has 0 saturated heterocycles. The van der Waals surface area contributed by atoms with Gasteiger partial charge in [-0.2, -0.15) is 0 Å². The molecule has 0 aliphatic heterocycles. The summed E-state index contributed by atoms with van der Waals surface area (Å²) in [6, 6.07) is 10.3. The Labute approximate surface area is 197 Å². The Morgan fingerprint density at radius 1 is 1.06 bits per heavy atom. The summed E-state index contributed by atoms with van der Waals surface area (Å²) in [5, 5.41) is 14.7. The third kappa shape index (κ3) is 4.72. The van der Waals surface area contributed by atoms with Crippen molar-refractivity contribution in [2.45, 2.75) is 32.4 Å². The van der Waals surface area contributed by atoms with Crippen LogP contribution in [0.5, 0.6) is 0 Å². The number of aliphatic hydroxyl groups is 1. The predicted octanol–water partition coefficient (Wildman–Crippen LogP) is 6.53. The van der Waals surface area contributed by atoms with Crippen LogP contribution in [0.1, 0.15) is 43.8 Å². The molecule has 2 aromatic heterocycles. The van der Waals surface area contributed by atoms with Gasteiger partial charge in [0.2, 0.25) is 0 Å². The highest BCUT2D eigenvalue weighted by Gasteiger charge is 2.20. The molecule has 0 saturated carbocycles. The zero-order valence-corrected chi connectivity index (χ0v) is 19.4. The van der Waals surface area contributed by atoms with E-state index in [2.05, 4.69) is 26.8 Å². The van der Waals surface area contributed by atoms with Crippen LogP contribution in [-0.2, 0) is 5.60 Å². The van der Waals surface area contributed by atoms with Gasteiger partial charge in [-0.05, 0) is 56.2 Å². The van der Waals surface area contributed by atoms with E-state index in [0.717, 1.165) is 27.6 Å². The maximum absolute atomic E-state index is 14.5. The summed E-state index contributed by atoms with van der Waals surface area (Å²) in [5.74, 6) is 0.0385. The minimum absolute atomic E-state index is 0.306. The van der Waals surface area contributed by atoms with E-state index in [1.165, 1.54) is 6.07 Å². The molecule has 0 radical (unpaired) electrons. The highest BCUT2D eigenvalue weighted by Crippen LogP contribution is 2.35. The van der Waals surface area contributed by atoms with Crippen LogP contribution in [0.4, 0.5) is 10.1 Å². The van der Waals surface area contributed by atoms with Crippen LogP contribution in [0.15, 0.2) is 61.6 Å². The van der Waals surface area contributed by atoms with Gasteiger partial charge in [-0.3, -0.25) is 4.98 Å². The summed E-state index contributed by atoms with van der Waals surface area (Å²) in [6.45, 7) is 8.91. The fourth-order valence-corrected chi connectivity index (χ4v) is 3.81. The van der Waals surface area contributed by atoms with Gasteiger partial charge < -0.3 is 10.4 Å². The van der Waals surface area contributed by atoms with E-state index in [1.807, 2.05) is 25.1 Å². The molecule has 0 aliphatic carbocycles. The SMILES string of the molecule is C=Cc1ccc(F)c(C(C)Nc2c(Cl)cnc3ccc(-c4cnc(C(C)(C)O)nc4)cc23)c1. The van der Waals surface area contributed by atoms with Crippen LogP contribution in [-0.4, -0.2) is 20.1 Å². The van der Waals surface area contributed by atoms with Crippen LogP contribution in [0, 0.1) is 5.82 Å². The second-order valence-electron chi connectivity index (χ2n) is 8.42. The maximum Gasteiger partial charge on any atom is 0.159 e. The van der Waals surface area contributed by atoms with Gasteiger partial charge in [0.1, 0.15) is 11.4 Å². The number of nitrogens with zero attached hydrogens (tertiary/aromatic N) is 3. The van der Waals surface area contributed by atoms with Crippen molar-refractivity contribution in [3.63, 3.8) is 0 Å². The molecule has 0 aliphatic rings. The standard InChI is InChI=1S/C26H24ClFN4O/c1-5-16-6-8-22(28)19(10-16)15(2)32-24-20-11-17(7-9-23(20)29-14-21(24)27)18-12-30-25(31-13-18)26(3,4)33/h5-15,33H,1H2,2-4H3,(H,29,32). The van der Waals surface area contributed by atoms with Crippen molar-refractivity contribution in [2.75, 3.05) is 5.32 Å². The lowest BCUT2D eigenvalue weighted by atomic mass is 10.0. The van der Waals surface area contributed by atoms with Crippen LogP contribution >= 0.6 is 11.6 Å². The normalized spacial score (nSPS) is 12.5. The summed E-state index contributed by atoms with van der Waals surface area (Å²) >= 11 is 6.52. The van der Waals surface area contributed by atoms with Crippen molar-refractivity contribution in [1.82, 2.24) is 15.0 Å². The Hall–Kier alpha value is -3.35. The molecule has 4 aromatic rings. The Kier molecular flexibility index (Phi) is 6.15. The molecule has 4 rings (SSSR count). The molecular formula is C26H24ClFN4O. The van der Waals surface area contributed by atoms with Gasteiger partial charge in [0.05, 0.1) is 22.3 Å². The molecule has 1 atom stereocenters. The fourth-order valence-electron chi connectivity index (χ4n) is 3.60. The van der Waals surface area contributed by atoms with Crippen molar-refractivity contribution in [2.24, 2.45) is 0 Å². The van der Waals surface area contributed by atoms with E-state index in [-0.39, 0.29) is 11.9 Å². The number of rotatable bonds is 6. The van der Waals surface area contributed by atoms with E-state index in [9.17, 15) is 9.50 Å². The fraction of sp³-hybridized carbons (Fsp3) is 0.192. The number of pyridine rings is 1. The Bertz CT molecular complexity index is 1330. The monoisotopic (exact) mass is 462 g/mol. The summed E-state index contributed by atoms with van der Waals surface area (Å²) < 4.78 is 14.5. The average Bonchev–Trinajstić information content (AvgIpc) is 2.80. The van der Waals surface area contributed by atoms with Crippen LogP contribution < -0.4 is 5.32 Å². The number of halogens is 2. The van der Waals surface area contributed by atoms with Gasteiger partial charge >= 0.3 is 0 Å². The van der Waals surface area contributed by atoms with Crippen LogP contribution in [0.2, 0.25) is 5.02 Å². The Morgan fingerprint density at radius 2 is 1.79 bits per heavy atom. The molecular weight excluding hydrogens is 439 g/mol. The minimum atomic E-state index is -1.12. The highest BCUT2D eigenvalue weighted by molar-refractivity contribution is 6.34. The molecule has 2 heterocycles. The second-order valence-corrected chi connectivity index (χ2v) is 8.83. The van der Waals surface area contributed by atoms with Crippen molar-refractivity contribution in [1.29, 1.82) is 0 Å². The molecule has 7 heteroatoms. The lowest BCUT2D eigenvalue weighted by Gasteiger charge is -2.20. The third-order valence-electron chi connectivity index (χ3n) is 5.44. The van der Waals surface area contributed by atoms with Crippen LogP contribution in [0.3, 0.4) is 0 Å². The molecule has 5 nitrogen and oxygen atoms in total. The zero-order valence-electron chi connectivity index (χ0n) is 18.6. The van der Waals surface area contributed by atoms with Crippen molar-refractivity contribution in [3.8, 4) is 11.1 Å². The average molecular weight is 463 g/mol.